The summed E-state index contributed by atoms with van der Waals surface area (Å²) in [6.07, 6.45) is 0.956. The Balaban J connectivity index is 1.64. The number of nitrogens with zero attached hydrogens (tertiary/aromatic N) is 3. The van der Waals surface area contributed by atoms with Gasteiger partial charge in [0.2, 0.25) is 5.91 Å². The Labute approximate surface area is 127 Å². The number of morpholine rings is 1. The number of benzene rings is 1. The molecule has 2 aromatic rings. The highest BCUT2D eigenvalue weighted by Crippen LogP contribution is 2.39. The van der Waals surface area contributed by atoms with Gasteiger partial charge in [-0.2, -0.15) is 0 Å². The molecule has 7 heteroatoms. The van der Waals surface area contributed by atoms with Gasteiger partial charge in [0.25, 0.3) is 0 Å². The molecule has 2 atom stereocenters. The van der Waals surface area contributed by atoms with E-state index >= 15 is 0 Å². The van der Waals surface area contributed by atoms with Gasteiger partial charge >= 0.3 is 0 Å². The maximum Gasteiger partial charge on any atom is 0.227 e. The third-order valence-corrected chi connectivity index (χ3v) is 4.45. The Bertz CT molecular complexity index is 708. The Morgan fingerprint density at radius 2 is 2.00 bits per heavy atom. The number of fused-ring (bicyclic) bond motifs is 1. The first kappa shape index (κ1) is 13.5. The molecule has 116 valence electrons. The van der Waals surface area contributed by atoms with Crippen LogP contribution in [0.25, 0.3) is 11.0 Å². The average Bonchev–Trinajstić information content (AvgIpc) is 3.08. The van der Waals surface area contributed by atoms with Gasteiger partial charge in [-0.25, -0.2) is 4.63 Å². The molecule has 2 aliphatic rings. The van der Waals surface area contributed by atoms with E-state index in [1.807, 2.05) is 12.1 Å². The summed E-state index contributed by atoms with van der Waals surface area (Å²) in [7, 11) is 0. The van der Waals surface area contributed by atoms with E-state index < -0.39 is 0 Å². The van der Waals surface area contributed by atoms with Crippen LogP contribution in [0, 0.1) is 11.8 Å². The normalized spacial score (nSPS) is 24.5. The van der Waals surface area contributed by atoms with Crippen molar-refractivity contribution < 1.29 is 14.2 Å². The Hall–Kier alpha value is -2.15. The van der Waals surface area contributed by atoms with Crippen LogP contribution in [-0.2, 0) is 9.53 Å². The molecule has 1 aliphatic heterocycles. The van der Waals surface area contributed by atoms with Crippen LogP contribution < -0.4 is 10.2 Å². The van der Waals surface area contributed by atoms with Gasteiger partial charge in [0.15, 0.2) is 11.0 Å². The van der Waals surface area contributed by atoms with E-state index in [4.69, 9.17) is 9.37 Å². The van der Waals surface area contributed by atoms with Crippen LogP contribution in [0.15, 0.2) is 16.8 Å². The van der Waals surface area contributed by atoms with Crippen molar-refractivity contribution in [3.63, 3.8) is 0 Å². The predicted molar refractivity (Wildman–Crippen MR) is 80.7 cm³/mol. The number of nitrogens with one attached hydrogen (secondary N) is 1. The summed E-state index contributed by atoms with van der Waals surface area (Å²) < 4.78 is 10.3. The molecule has 1 saturated heterocycles. The van der Waals surface area contributed by atoms with Crippen molar-refractivity contribution in [1.29, 1.82) is 0 Å². The fraction of sp³-hybridized carbons (Fsp3) is 0.533. The standard InChI is InChI=1S/C15H18N4O3/c1-9-8-10(9)15(20)16-11-2-3-12(14-13(11)17-22-18-14)19-4-6-21-7-5-19/h2-3,9-10H,4-8H2,1H3,(H,16,20). The molecule has 1 aromatic carbocycles. The third kappa shape index (κ3) is 2.31. The first-order chi connectivity index (χ1) is 10.7. The zero-order valence-corrected chi connectivity index (χ0v) is 12.4. The van der Waals surface area contributed by atoms with Gasteiger partial charge in [0.05, 0.1) is 24.6 Å². The van der Waals surface area contributed by atoms with E-state index in [0.717, 1.165) is 25.2 Å². The molecular formula is C15H18N4O3. The summed E-state index contributed by atoms with van der Waals surface area (Å²) in [4.78, 5) is 14.3. The summed E-state index contributed by atoms with van der Waals surface area (Å²) in [5.41, 5.74) is 2.92. The van der Waals surface area contributed by atoms with E-state index in [0.29, 0.717) is 35.9 Å². The van der Waals surface area contributed by atoms with E-state index in [1.54, 1.807) is 0 Å². The van der Waals surface area contributed by atoms with Gasteiger partial charge in [-0.1, -0.05) is 6.92 Å². The van der Waals surface area contributed by atoms with Gasteiger partial charge in [-0.15, -0.1) is 0 Å². The second-order valence-electron chi connectivity index (χ2n) is 6.00. The van der Waals surface area contributed by atoms with Crippen LogP contribution in [0.5, 0.6) is 0 Å². The number of amides is 1. The monoisotopic (exact) mass is 302 g/mol. The molecule has 1 aliphatic carbocycles. The highest BCUT2D eigenvalue weighted by Gasteiger charge is 2.39. The van der Waals surface area contributed by atoms with Crippen molar-refractivity contribution in [2.45, 2.75) is 13.3 Å². The summed E-state index contributed by atoms with van der Waals surface area (Å²) in [6, 6.07) is 3.84. The van der Waals surface area contributed by atoms with Crippen molar-refractivity contribution in [3.05, 3.63) is 12.1 Å². The molecule has 0 spiro atoms. The maximum absolute atomic E-state index is 12.1. The summed E-state index contributed by atoms with van der Waals surface area (Å²) in [5, 5.41) is 10.9. The number of anilines is 2. The molecule has 1 N–H and O–H groups in total. The van der Waals surface area contributed by atoms with Crippen molar-refractivity contribution in [2.24, 2.45) is 11.8 Å². The number of carbonyl (C=O) groups excluding carboxylic acids is 1. The molecule has 1 amide bonds. The molecule has 1 saturated carbocycles. The van der Waals surface area contributed by atoms with Gasteiger partial charge in [-0.05, 0) is 34.8 Å². The molecule has 2 heterocycles. The molecule has 1 aromatic heterocycles. The van der Waals surface area contributed by atoms with E-state index in [9.17, 15) is 4.79 Å². The fourth-order valence-electron chi connectivity index (χ4n) is 2.93. The highest BCUT2D eigenvalue weighted by molar-refractivity contribution is 6.04. The lowest BCUT2D eigenvalue weighted by Crippen LogP contribution is -2.36. The van der Waals surface area contributed by atoms with Crippen molar-refractivity contribution >= 4 is 28.3 Å². The number of aromatic nitrogens is 2. The first-order valence-electron chi connectivity index (χ1n) is 7.63. The van der Waals surface area contributed by atoms with Crippen LogP contribution in [0.2, 0.25) is 0 Å². The lowest BCUT2D eigenvalue weighted by atomic mass is 10.2. The van der Waals surface area contributed by atoms with Gasteiger partial charge in [0, 0.05) is 19.0 Å². The molecule has 0 bridgehead atoms. The van der Waals surface area contributed by atoms with Gasteiger partial charge < -0.3 is 15.0 Å². The maximum atomic E-state index is 12.1. The van der Waals surface area contributed by atoms with Crippen molar-refractivity contribution in [3.8, 4) is 0 Å². The average molecular weight is 302 g/mol. The quantitative estimate of drug-likeness (QED) is 0.928. The molecule has 7 nitrogen and oxygen atoms in total. The molecule has 0 radical (unpaired) electrons. The number of ether oxygens (including phenoxy) is 1. The van der Waals surface area contributed by atoms with E-state index in [1.165, 1.54) is 0 Å². The smallest absolute Gasteiger partial charge is 0.227 e. The fourth-order valence-corrected chi connectivity index (χ4v) is 2.93. The Morgan fingerprint density at radius 1 is 1.27 bits per heavy atom. The third-order valence-electron chi connectivity index (χ3n) is 4.45. The van der Waals surface area contributed by atoms with Crippen LogP contribution in [0.4, 0.5) is 11.4 Å². The molecule has 22 heavy (non-hydrogen) atoms. The minimum absolute atomic E-state index is 0.0518. The number of rotatable bonds is 3. The lowest BCUT2D eigenvalue weighted by molar-refractivity contribution is -0.117. The predicted octanol–water partition coefficient (Wildman–Crippen LogP) is 1.65. The summed E-state index contributed by atoms with van der Waals surface area (Å²) >= 11 is 0. The SMILES string of the molecule is CC1CC1C(=O)Nc1ccc(N2CCOCC2)c2nonc12. The summed E-state index contributed by atoms with van der Waals surface area (Å²) in [6.45, 7) is 5.11. The second kappa shape index (κ2) is 5.24. The van der Waals surface area contributed by atoms with Crippen LogP contribution in [0.3, 0.4) is 0 Å². The minimum Gasteiger partial charge on any atom is -0.378 e. The molecule has 2 unspecified atom stereocenters. The van der Waals surface area contributed by atoms with Gasteiger partial charge in [0.1, 0.15) is 0 Å². The number of hydrogen-bond acceptors (Lipinski definition) is 6. The Kier molecular flexibility index (Phi) is 3.22. The van der Waals surface area contributed by atoms with Crippen LogP contribution in [-0.4, -0.2) is 42.5 Å². The molecule has 2 fully saturated rings. The van der Waals surface area contributed by atoms with Crippen LogP contribution >= 0.6 is 0 Å². The first-order valence-corrected chi connectivity index (χ1v) is 7.63. The van der Waals surface area contributed by atoms with Crippen molar-refractivity contribution in [2.75, 3.05) is 36.5 Å². The molecular weight excluding hydrogens is 284 g/mol. The zero-order valence-electron chi connectivity index (χ0n) is 12.4. The van der Waals surface area contributed by atoms with Gasteiger partial charge in [-0.3, -0.25) is 4.79 Å². The second-order valence-corrected chi connectivity index (χ2v) is 6.00. The zero-order chi connectivity index (χ0) is 15.1. The largest absolute Gasteiger partial charge is 0.378 e. The van der Waals surface area contributed by atoms with E-state index in [2.05, 4.69) is 27.5 Å². The number of carbonyl (C=O) groups is 1. The molecule has 4 rings (SSSR count). The number of hydrogen-bond donors (Lipinski definition) is 1. The topological polar surface area (TPSA) is 80.5 Å². The van der Waals surface area contributed by atoms with E-state index in [-0.39, 0.29) is 11.8 Å². The lowest BCUT2D eigenvalue weighted by Gasteiger charge is -2.28. The van der Waals surface area contributed by atoms with Crippen molar-refractivity contribution in [1.82, 2.24) is 10.3 Å². The summed E-state index contributed by atoms with van der Waals surface area (Å²) in [5.74, 6) is 0.642. The van der Waals surface area contributed by atoms with Crippen LogP contribution in [0.1, 0.15) is 13.3 Å². The highest BCUT2D eigenvalue weighted by atomic mass is 16.6. The minimum atomic E-state index is 0.0518. The Morgan fingerprint density at radius 3 is 2.73 bits per heavy atom.